The van der Waals surface area contributed by atoms with Crippen molar-refractivity contribution >= 4 is 45.0 Å². The molecular formula is C23H26N4O2S2. The second kappa shape index (κ2) is 9.54. The van der Waals surface area contributed by atoms with Crippen molar-refractivity contribution in [3.8, 4) is 0 Å². The van der Waals surface area contributed by atoms with Crippen LogP contribution in [0, 0.1) is 0 Å². The summed E-state index contributed by atoms with van der Waals surface area (Å²) in [6.07, 6.45) is 3.90. The number of carbonyl (C=O) groups excluding carboxylic acids is 1. The Hall–Kier alpha value is -2.16. The van der Waals surface area contributed by atoms with Crippen molar-refractivity contribution in [2.75, 3.05) is 38.2 Å². The fraction of sp³-hybridized carbons (Fsp3) is 0.435. The lowest BCUT2D eigenvalue weighted by molar-refractivity contribution is -0.134. The van der Waals surface area contributed by atoms with E-state index < -0.39 is 0 Å². The Bertz CT molecular complexity index is 1060. The number of benzene rings is 1. The summed E-state index contributed by atoms with van der Waals surface area (Å²) in [4.78, 5) is 27.9. The van der Waals surface area contributed by atoms with Crippen LogP contribution in [0.1, 0.15) is 29.1 Å². The number of rotatable bonds is 7. The Morgan fingerprint density at radius 1 is 1.16 bits per heavy atom. The van der Waals surface area contributed by atoms with Crippen LogP contribution in [0.4, 0.5) is 5.82 Å². The SMILES string of the molecule is O=C(CCNc1nc(CSc2ccccc2)nc2sc3c(c12)CCC3)N1CCOCC1. The number of anilines is 1. The Kier molecular flexibility index (Phi) is 6.38. The number of ether oxygens (including phenoxy) is 1. The van der Waals surface area contributed by atoms with Crippen molar-refractivity contribution in [1.82, 2.24) is 14.9 Å². The molecule has 0 atom stereocenters. The monoisotopic (exact) mass is 454 g/mol. The molecule has 162 valence electrons. The van der Waals surface area contributed by atoms with Crippen molar-refractivity contribution < 1.29 is 9.53 Å². The molecule has 0 spiro atoms. The maximum atomic E-state index is 12.5. The number of nitrogens with one attached hydrogen (secondary N) is 1. The molecule has 1 aliphatic heterocycles. The van der Waals surface area contributed by atoms with Gasteiger partial charge in [0.2, 0.25) is 5.91 Å². The first-order valence-electron chi connectivity index (χ1n) is 10.9. The first-order chi connectivity index (χ1) is 15.3. The molecule has 0 unspecified atom stereocenters. The molecule has 6 nitrogen and oxygen atoms in total. The van der Waals surface area contributed by atoms with Gasteiger partial charge in [-0.15, -0.1) is 23.1 Å². The van der Waals surface area contributed by atoms with Crippen LogP contribution in [0.2, 0.25) is 0 Å². The van der Waals surface area contributed by atoms with E-state index in [0.29, 0.717) is 39.3 Å². The molecule has 2 aliphatic rings. The molecule has 0 saturated carbocycles. The van der Waals surface area contributed by atoms with Gasteiger partial charge in [0.05, 0.1) is 24.4 Å². The van der Waals surface area contributed by atoms with Gasteiger partial charge < -0.3 is 15.0 Å². The van der Waals surface area contributed by atoms with Crippen LogP contribution in [0.5, 0.6) is 0 Å². The second-order valence-corrected chi connectivity index (χ2v) is 9.93. The Labute approximate surface area is 190 Å². The minimum atomic E-state index is 0.177. The predicted octanol–water partition coefficient (Wildman–Crippen LogP) is 4.13. The zero-order valence-corrected chi connectivity index (χ0v) is 19.1. The van der Waals surface area contributed by atoms with Crippen molar-refractivity contribution in [2.45, 2.75) is 36.3 Å². The zero-order valence-electron chi connectivity index (χ0n) is 17.4. The van der Waals surface area contributed by atoms with Crippen LogP contribution in [0.3, 0.4) is 0 Å². The summed E-state index contributed by atoms with van der Waals surface area (Å²) >= 11 is 3.56. The molecule has 0 radical (unpaired) electrons. The first-order valence-corrected chi connectivity index (χ1v) is 12.7. The molecule has 1 aliphatic carbocycles. The first kappa shape index (κ1) is 20.7. The maximum absolute atomic E-state index is 12.5. The molecule has 3 aromatic rings. The third-order valence-electron chi connectivity index (χ3n) is 5.72. The van der Waals surface area contributed by atoms with Crippen LogP contribution >= 0.6 is 23.1 Å². The van der Waals surface area contributed by atoms with Crippen LogP contribution < -0.4 is 5.32 Å². The van der Waals surface area contributed by atoms with E-state index in [1.54, 1.807) is 11.8 Å². The average Bonchev–Trinajstić information content (AvgIpc) is 3.40. The predicted molar refractivity (Wildman–Crippen MR) is 126 cm³/mol. The normalized spacial score (nSPS) is 15.9. The number of fused-ring (bicyclic) bond motifs is 3. The van der Waals surface area contributed by atoms with Crippen LogP contribution in [0.15, 0.2) is 35.2 Å². The standard InChI is InChI=1S/C23H26N4O2S2/c28-20(27-11-13-29-14-12-27)9-10-24-22-21-17-7-4-8-18(17)31-23(21)26-19(25-22)15-30-16-5-2-1-3-6-16/h1-3,5-6H,4,7-15H2,(H,24,25,26). The highest BCUT2D eigenvalue weighted by Crippen LogP contribution is 2.40. The molecule has 1 fully saturated rings. The number of thiophene rings is 1. The number of morpholine rings is 1. The summed E-state index contributed by atoms with van der Waals surface area (Å²) < 4.78 is 5.35. The number of aryl methyl sites for hydroxylation is 2. The number of nitrogens with zero attached hydrogens (tertiary/aromatic N) is 3. The third kappa shape index (κ3) is 4.71. The van der Waals surface area contributed by atoms with E-state index in [1.807, 2.05) is 22.3 Å². The summed E-state index contributed by atoms with van der Waals surface area (Å²) in [5.41, 5.74) is 1.41. The lowest BCUT2D eigenvalue weighted by Gasteiger charge is -2.26. The minimum absolute atomic E-state index is 0.177. The van der Waals surface area contributed by atoms with Gasteiger partial charge in [-0.3, -0.25) is 4.79 Å². The summed E-state index contributed by atoms with van der Waals surface area (Å²) in [5, 5.41) is 4.65. The third-order valence-corrected chi connectivity index (χ3v) is 7.91. The van der Waals surface area contributed by atoms with E-state index in [2.05, 4.69) is 29.6 Å². The molecule has 2 aromatic heterocycles. The van der Waals surface area contributed by atoms with Crippen molar-refractivity contribution in [3.05, 3.63) is 46.6 Å². The molecule has 31 heavy (non-hydrogen) atoms. The Morgan fingerprint density at radius 3 is 2.84 bits per heavy atom. The quantitative estimate of drug-likeness (QED) is 0.542. The fourth-order valence-electron chi connectivity index (χ4n) is 4.16. The minimum Gasteiger partial charge on any atom is -0.378 e. The Morgan fingerprint density at radius 2 is 2.00 bits per heavy atom. The molecule has 5 rings (SSSR count). The smallest absolute Gasteiger partial charge is 0.224 e. The van der Waals surface area contributed by atoms with Crippen LogP contribution in [-0.4, -0.2) is 53.6 Å². The van der Waals surface area contributed by atoms with Crippen LogP contribution in [0.25, 0.3) is 10.2 Å². The van der Waals surface area contributed by atoms with E-state index in [1.165, 1.54) is 27.1 Å². The molecule has 1 N–H and O–H groups in total. The van der Waals surface area contributed by atoms with Gasteiger partial charge in [0.1, 0.15) is 16.5 Å². The van der Waals surface area contributed by atoms with E-state index >= 15 is 0 Å². The van der Waals surface area contributed by atoms with Crippen molar-refractivity contribution in [2.24, 2.45) is 0 Å². The summed E-state index contributed by atoms with van der Waals surface area (Å²) in [5.74, 6) is 2.63. The second-order valence-electron chi connectivity index (χ2n) is 7.80. The molecule has 1 saturated heterocycles. The lowest BCUT2D eigenvalue weighted by atomic mass is 10.2. The highest BCUT2D eigenvalue weighted by Gasteiger charge is 2.23. The van der Waals surface area contributed by atoms with E-state index in [0.717, 1.165) is 35.1 Å². The van der Waals surface area contributed by atoms with E-state index in [4.69, 9.17) is 14.7 Å². The Balaban J connectivity index is 1.32. The van der Waals surface area contributed by atoms with Crippen molar-refractivity contribution in [1.29, 1.82) is 0 Å². The summed E-state index contributed by atoms with van der Waals surface area (Å²) in [6, 6.07) is 10.3. The van der Waals surface area contributed by atoms with Gasteiger partial charge in [0.15, 0.2) is 0 Å². The van der Waals surface area contributed by atoms with Gasteiger partial charge >= 0.3 is 0 Å². The number of thioether (sulfide) groups is 1. The summed E-state index contributed by atoms with van der Waals surface area (Å²) in [6.45, 7) is 3.23. The molecular weight excluding hydrogens is 428 g/mol. The number of hydrogen-bond acceptors (Lipinski definition) is 7. The van der Waals surface area contributed by atoms with Gasteiger partial charge in [0, 0.05) is 35.8 Å². The topological polar surface area (TPSA) is 67.4 Å². The highest BCUT2D eigenvalue weighted by atomic mass is 32.2. The molecule has 3 heterocycles. The van der Waals surface area contributed by atoms with E-state index in [-0.39, 0.29) is 5.91 Å². The van der Waals surface area contributed by atoms with Crippen LogP contribution in [-0.2, 0) is 28.1 Å². The molecule has 1 amide bonds. The number of hydrogen-bond donors (Lipinski definition) is 1. The lowest BCUT2D eigenvalue weighted by Crippen LogP contribution is -2.41. The average molecular weight is 455 g/mol. The summed E-state index contributed by atoms with van der Waals surface area (Å²) in [7, 11) is 0. The van der Waals surface area contributed by atoms with Gasteiger partial charge in [-0.1, -0.05) is 18.2 Å². The number of amides is 1. The van der Waals surface area contributed by atoms with Crippen molar-refractivity contribution in [3.63, 3.8) is 0 Å². The van der Waals surface area contributed by atoms with Gasteiger partial charge in [0.25, 0.3) is 0 Å². The maximum Gasteiger partial charge on any atom is 0.224 e. The largest absolute Gasteiger partial charge is 0.378 e. The highest BCUT2D eigenvalue weighted by molar-refractivity contribution is 7.98. The fourth-order valence-corrected chi connectivity index (χ4v) is 6.21. The van der Waals surface area contributed by atoms with E-state index in [9.17, 15) is 4.79 Å². The van der Waals surface area contributed by atoms with Gasteiger partial charge in [-0.25, -0.2) is 9.97 Å². The van der Waals surface area contributed by atoms with Gasteiger partial charge in [-0.05, 0) is 37.0 Å². The zero-order chi connectivity index (χ0) is 21.0. The van der Waals surface area contributed by atoms with Gasteiger partial charge in [-0.2, -0.15) is 0 Å². The molecule has 8 heteroatoms. The molecule has 1 aromatic carbocycles. The number of carbonyl (C=O) groups is 1. The molecule has 0 bridgehead atoms. The number of aromatic nitrogens is 2.